The summed E-state index contributed by atoms with van der Waals surface area (Å²) in [6.45, 7) is 7.22. The van der Waals surface area contributed by atoms with Gasteiger partial charge in [0.25, 0.3) is 5.91 Å². The Labute approximate surface area is 103 Å². The molecule has 0 unspecified atom stereocenters. The smallest absolute Gasteiger partial charge is 0.251 e. The molecule has 1 amide bonds. The summed E-state index contributed by atoms with van der Waals surface area (Å²) in [5, 5.41) is 2.59. The molecule has 94 valence electrons. The van der Waals surface area contributed by atoms with Crippen LogP contribution in [0.3, 0.4) is 0 Å². The lowest BCUT2D eigenvalue weighted by Crippen LogP contribution is -2.31. The van der Waals surface area contributed by atoms with Gasteiger partial charge in [0.15, 0.2) is 0 Å². The Morgan fingerprint density at radius 3 is 2.53 bits per heavy atom. The van der Waals surface area contributed by atoms with Crippen molar-refractivity contribution in [1.82, 2.24) is 5.32 Å². The van der Waals surface area contributed by atoms with Gasteiger partial charge >= 0.3 is 0 Å². The SMILES string of the molecule is CCN(c1ccc(C(=O)NC)cc1N)C(C)C. The Bertz CT molecular complexity index is 402. The minimum atomic E-state index is -0.115. The third kappa shape index (κ3) is 2.90. The van der Waals surface area contributed by atoms with Gasteiger partial charge in [-0.3, -0.25) is 4.79 Å². The molecule has 17 heavy (non-hydrogen) atoms. The Morgan fingerprint density at radius 1 is 1.47 bits per heavy atom. The quantitative estimate of drug-likeness (QED) is 0.783. The van der Waals surface area contributed by atoms with Gasteiger partial charge in [0.1, 0.15) is 0 Å². The number of benzene rings is 1. The molecule has 0 aliphatic carbocycles. The van der Waals surface area contributed by atoms with Gasteiger partial charge in [0.2, 0.25) is 0 Å². The molecule has 0 radical (unpaired) electrons. The van der Waals surface area contributed by atoms with E-state index in [4.69, 9.17) is 5.73 Å². The molecule has 4 nitrogen and oxygen atoms in total. The Kier molecular flexibility index (Phi) is 4.37. The van der Waals surface area contributed by atoms with E-state index in [9.17, 15) is 4.79 Å². The molecule has 0 atom stereocenters. The lowest BCUT2D eigenvalue weighted by molar-refractivity contribution is 0.0963. The first-order chi connectivity index (χ1) is 8.01. The van der Waals surface area contributed by atoms with Crippen LogP contribution < -0.4 is 16.0 Å². The van der Waals surface area contributed by atoms with Crippen LogP contribution in [-0.2, 0) is 0 Å². The number of nitrogen functional groups attached to an aromatic ring is 1. The average Bonchev–Trinajstić information content (AvgIpc) is 2.30. The lowest BCUT2D eigenvalue weighted by Gasteiger charge is -2.28. The number of hydrogen-bond acceptors (Lipinski definition) is 3. The van der Waals surface area contributed by atoms with E-state index in [1.807, 2.05) is 6.07 Å². The topological polar surface area (TPSA) is 58.4 Å². The van der Waals surface area contributed by atoms with Crippen LogP contribution in [0.2, 0.25) is 0 Å². The molecule has 0 spiro atoms. The fourth-order valence-electron chi connectivity index (χ4n) is 1.92. The van der Waals surface area contributed by atoms with E-state index in [0.717, 1.165) is 12.2 Å². The zero-order valence-electron chi connectivity index (χ0n) is 10.9. The molecule has 1 aromatic rings. The Balaban J connectivity index is 3.08. The number of hydrogen-bond donors (Lipinski definition) is 2. The number of rotatable bonds is 4. The van der Waals surface area contributed by atoms with E-state index in [1.165, 1.54) is 0 Å². The summed E-state index contributed by atoms with van der Waals surface area (Å²) in [6.07, 6.45) is 0. The highest BCUT2D eigenvalue weighted by Crippen LogP contribution is 2.25. The van der Waals surface area contributed by atoms with Crippen LogP contribution >= 0.6 is 0 Å². The van der Waals surface area contributed by atoms with Gasteiger partial charge in [-0.25, -0.2) is 0 Å². The van der Waals surface area contributed by atoms with E-state index in [0.29, 0.717) is 17.3 Å². The van der Waals surface area contributed by atoms with Gasteiger partial charge in [-0.1, -0.05) is 0 Å². The van der Waals surface area contributed by atoms with Crippen LogP contribution in [0.5, 0.6) is 0 Å². The first-order valence-corrected chi connectivity index (χ1v) is 5.89. The molecular formula is C13H21N3O. The molecule has 0 bridgehead atoms. The highest BCUT2D eigenvalue weighted by Gasteiger charge is 2.13. The van der Waals surface area contributed by atoms with Crippen molar-refractivity contribution in [3.63, 3.8) is 0 Å². The first-order valence-electron chi connectivity index (χ1n) is 5.89. The summed E-state index contributed by atoms with van der Waals surface area (Å²) in [7, 11) is 1.61. The predicted octanol–water partition coefficient (Wildman–Crippen LogP) is 1.86. The van der Waals surface area contributed by atoms with Gasteiger partial charge in [-0.05, 0) is 39.0 Å². The summed E-state index contributed by atoms with van der Waals surface area (Å²) in [5.41, 5.74) is 8.22. The number of nitrogens with one attached hydrogen (secondary N) is 1. The highest BCUT2D eigenvalue weighted by molar-refractivity contribution is 5.96. The summed E-state index contributed by atoms with van der Waals surface area (Å²) in [4.78, 5) is 13.7. The number of carbonyl (C=O) groups is 1. The fraction of sp³-hybridized carbons (Fsp3) is 0.462. The largest absolute Gasteiger partial charge is 0.397 e. The van der Waals surface area contributed by atoms with Gasteiger partial charge < -0.3 is 16.0 Å². The monoisotopic (exact) mass is 235 g/mol. The van der Waals surface area contributed by atoms with Crippen molar-refractivity contribution in [1.29, 1.82) is 0 Å². The molecule has 3 N–H and O–H groups in total. The van der Waals surface area contributed by atoms with Crippen LogP contribution in [0.1, 0.15) is 31.1 Å². The molecule has 0 aromatic heterocycles. The third-order valence-corrected chi connectivity index (χ3v) is 2.79. The van der Waals surface area contributed by atoms with E-state index in [2.05, 4.69) is 31.0 Å². The van der Waals surface area contributed by atoms with Gasteiger partial charge in [0.05, 0.1) is 11.4 Å². The maximum atomic E-state index is 11.5. The average molecular weight is 235 g/mol. The van der Waals surface area contributed by atoms with E-state index in [1.54, 1.807) is 19.2 Å². The predicted molar refractivity (Wildman–Crippen MR) is 72.4 cm³/mol. The number of carbonyl (C=O) groups excluding carboxylic acids is 1. The molecule has 0 heterocycles. The molecule has 1 rings (SSSR count). The van der Waals surface area contributed by atoms with Crippen molar-refractivity contribution in [2.45, 2.75) is 26.8 Å². The molecule has 0 saturated heterocycles. The second-order valence-corrected chi connectivity index (χ2v) is 4.23. The van der Waals surface area contributed by atoms with Gasteiger partial charge in [-0.15, -0.1) is 0 Å². The Hall–Kier alpha value is -1.71. The first kappa shape index (κ1) is 13.4. The van der Waals surface area contributed by atoms with Gasteiger partial charge in [-0.2, -0.15) is 0 Å². The fourth-order valence-corrected chi connectivity index (χ4v) is 1.92. The summed E-state index contributed by atoms with van der Waals surface area (Å²) in [6, 6.07) is 5.81. The van der Waals surface area contributed by atoms with Gasteiger partial charge in [0, 0.05) is 25.2 Å². The highest BCUT2D eigenvalue weighted by atomic mass is 16.1. The molecule has 0 saturated carbocycles. The van der Waals surface area contributed by atoms with Crippen molar-refractivity contribution in [2.75, 3.05) is 24.2 Å². The number of anilines is 2. The second-order valence-electron chi connectivity index (χ2n) is 4.23. The number of nitrogens with two attached hydrogens (primary N) is 1. The number of nitrogens with zero attached hydrogens (tertiary/aromatic N) is 1. The normalized spacial score (nSPS) is 10.4. The zero-order chi connectivity index (χ0) is 13.0. The zero-order valence-corrected chi connectivity index (χ0v) is 10.9. The van der Waals surface area contributed by atoms with Crippen molar-refractivity contribution >= 4 is 17.3 Å². The maximum absolute atomic E-state index is 11.5. The molecule has 0 aliphatic heterocycles. The maximum Gasteiger partial charge on any atom is 0.251 e. The van der Waals surface area contributed by atoms with Crippen LogP contribution in [0.15, 0.2) is 18.2 Å². The standard InChI is InChI=1S/C13H21N3O/c1-5-16(9(2)3)12-7-6-10(8-11(12)14)13(17)15-4/h6-9H,5,14H2,1-4H3,(H,15,17). The van der Waals surface area contributed by atoms with Crippen LogP contribution in [-0.4, -0.2) is 25.5 Å². The van der Waals surface area contributed by atoms with Crippen molar-refractivity contribution in [3.05, 3.63) is 23.8 Å². The Morgan fingerprint density at radius 2 is 2.12 bits per heavy atom. The minimum Gasteiger partial charge on any atom is -0.397 e. The summed E-state index contributed by atoms with van der Waals surface area (Å²) in [5.74, 6) is -0.115. The van der Waals surface area contributed by atoms with Crippen LogP contribution in [0.4, 0.5) is 11.4 Å². The van der Waals surface area contributed by atoms with Crippen molar-refractivity contribution < 1.29 is 4.79 Å². The van der Waals surface area contributed by atoms with Crippen molar-refractivity contribution in [2.24, 2.45) is 0 Å². The minimum absolute atomic E-state index is 0.115. The molecule has 4 heteroatoms. The molecule has 0 fully saturated rings. The van der Waals surface area contributed by atoms with Crippen molar-refractivity contribution in [3.8, 4) is 0 Å². The molecule has 1 aromatic carbocycles. The van der Waals surface area contributed by atoms with E-state index in [-0.39, 0.29) is 5.91 Å². The summed E-state index contributed by atoms with van der Waals surface area (Å²) >= 11 is 0. The second kappa shape index (κ2) is 5.57. The van der Waals surface area contributed by atoms with Crippen LogP contribution in [0.25, 0.3) is 0 Å². The number of amides is 1. The van der Waals surface area contributed by atoms with E-state index >= 15 is 0 Å². The molecule has 0 aliphatic rings. The lowest BCUT2D eigenvalue weighted by atomic mass is 10.1. The van der Waals surface area contributed by atoms with E-state index < -0.39 is 0 Å². The third-order valence-electron chi connectivity index (χ3n) is 2.79. The summed E-state index contributed by atoms with van der Waals surface area (Å²) < 4.78 is 0. The molecular weight excluding hydrogens is 214 g/mol. The van der Waals surface area contributed by atoms with Crippen LogP contribution in [0, 0.1) is 0 Å².